The Hall–Kier alpha value is -3.37. The van der Waals surface area contributed by atoms with Crippen LogP contribution in [0.3, 0.4) is 0 Å². The Morgan fingerprint density at radius 3 is 2.52 bits per heavy atom. The lowest BCUT2D eigenvalue weighted by molar-refractivity contribution is 0.0695. The van der Waals surface area contributed by atoms with Crippen molar-refractivity contribution in [2.24, 2.45) is 0 Å². The normalized spacial score (nSPS) is 19.1. The van der Waals surface area contributed by atoms with Crippen LogP contribution in [0.5, 0.6) is 0 Å². The van der Waals surface area contributed by atoms with E-state index < -0.39 is 40.6 Å². The highest BCUT2D eigenvalue weighted by atomic mass is 19.1. The Kier molecular flexibility index (Phi) is 5.19. The van der Waals surface area contributed by atoms with Crippen molar-refractivity contribution in [2.75, 3.05) is 18.0 Å². The molecule has 2 aromatic carbocycles. The van der Waals surface area contributed by atoms with Gasteiger partial charge in [-0.2, -0.15) is 0 Å². The molecule has 2 atom stereocenters. The van der Waals surface area contributed by atoms with Gasteiger partial charge in [0.1, 0.15) is 29.2 Å². The molecule has 1 aliphatic heterocycles. The first kappa shape index (κ1) is 20.9. The lowest BCUT2D eigenvalue weighted by atomic mass is 10.1. The van der Waals surface area contributed by atoms with E-state index >= 15 is 0 Å². The zero-order valence-electron chi connectivity index (χ0n) is 16.3. The summed E-state index contributed by atoms with van der Waals surface area (Å²) in [6, 6.07) is 4.74. The first-order chi connectivity index (χ1) is 14.7. The second-order valence-corrected chi connectivity index (χ2v) is 7.41. The average Bonchev–Trinajstić information content (AvgIpc) is 2.70. The third kappa shape index (κ3) is 3.64. The number of hydrogen-bond donors (Lipinski definition) is 3. The number of aliphatic hydroxyl groups is 1. The van der Waals surface area contributed by atoms with Crippen molar-refractivity contribution in [1.29, 1.82) is 0 Å². The number of fused-ring (bicyclic) bond motifs is 1. The molecule has 10 heteroatoms. The molecule has 1 aromatic heterocycles. The smallest absolute Gasteiger partial charge is 0.341 e. The lowest BCUT2D eigenvalue weighted by Gasteiger charge is -2.38. The van der Waals surface area contributed by atoms with Crippen molar-refractivity contribution < 1.29 is 28.2 Å². The topological polar surface area (TPSA) is 94.8 Å². The minimum Gasteiger partial charge on any atom is -0.477 e. The Balaban J connectivity index is 2.04. The van der Waals surface area contributed by atoms with Crippen molar-refractivity contribution in [1.82, 2.24) is 9.88 Å². The minimum atomic E-state index is -1.57. The van der Waals surface area contributed by atoms with E-state index in [9.17, 15) is 33.0 Å². The fourth-order valence-electron chi connectivity index (χ4n) is 3.74. The molecule has 0 radical (unpaired) electrons. The van der Waals surface area contributed by atoms with Gasteiger partial charge < -0.3 is 25.0 Å². The minimum absolute atomic E-state index is 0.00953. The summed E-state index contributed by atoms with van der Waals surface area (Å²) in [6.45, 7) is 2.28. The number of rotatable bonds is 3. The Morgan fingerprint density at radius 1 is 1.13 bits per heavy atom. The molecule has 0 spiro atoms. The molecule has 4 rings (SSSR count). The summed E-state index contributed by atoms with van der Waals surface area (Å²) in [5.41, 5.74) is -1.89. The summed E-state index contributed by atoms with van der Waals surface area (Å²) in [4.78, 5) is 25.6. The largest absolute Gasteiger partial charge is 0.477 e. The molecule has 1 fully saturated rings. The van der Waals surface area contributed by atoms with Gasteiger partial charge in [0, 0.05) is 36.8 Å². The Morgan fingerprint density at radius 2 is 1.84 bits per heavy atom. The van der Waals surface area contributed by atoms with Crippen LogP contribution in [0.15, 0.2) is 41.3 Å². The number of carboxylic acids is 1. The maximum atomic E-state index is 15.0. The summed E-state index contributed by atoms with van der Waals surface area (Å²) < 4.78 is 44.0. The number of halogens is 3. The molecule has 0 bridgehead atoms. The van der Waals surface area contributed by atoms with Crippen LogP contribution in [-0.4, -0.2) is 46.1 Å². The number of piperazine rings is 1. The number of aromatic nitrogens is 1. The molecule has 1 aliphatic rings. The predicted octanol–water partition coefficient (Wildman–Crippen LogP) is 2.22. The first-order valence-electron chi connectivity index (χ1n) is 9.43. The van der Waals surface area contributed by atoms with E-state index in [0.717, 1.165) is 29.0 Å². The molecule has 31 heavy (non-hydrogen) atoms. The van der Waals surface area contributed by atoms with Gasteiger partial charge in [-0.1, -0.05) is 0 Å². The maximum absolute atomic E-state index is 15.0. The van der Waals surface area contributed by atoms with E-state index in [2.05, 4.69) is 5.32 Å². The van der Waals surface area contributed by atoms with Crippen LogP contribution >= 0.6 is 0 Å². The van der Waals surface area contributed by atoms with Crippen LogP contribution < -0.4 is 15.6 Å². The van der Waals surface area contributed by atoms with Crippen molar-refractivity contribution >= 4 is 22.6 Å². The van der Waals surface area contributed by atoms with Crippen LogP contribution in [0.25, 0.3) is 16.6 Å². The van der Waals surface area contributed by atoms with Gasteiger partial charge in [-0.15, -0.1) is 0 Å². The number of hydrogen-bond acceptors (Lipinski definition) is 5. The van der Waals surface area contributed by atoms with Crippen LogP contribution in [0.2, 0.25) is 0 Å². The highest BCUT2D eigenvalue weighted by molar-refractivity contribution is 5.94. The van der Waals surface area contributed by atoms with Crippen LogP contribution in [0.1, 0.15) is 17.3 Å². The lowest BCUT2D eigenvalue weighted by Crippen LogP contribution is -2.55. The number of β-amino-alcohol motifs (C(OH)–C–C–N with tert-alkyl or cyclic N) is 1. The number of nitrogens with zero attached hydrogens (tertiary/aromatic N) is 2. The van der Waals surface area contributed by atoms with Gasteiger partial charge in [0.2, 0.25) is 5.43 Å². The third-order valence-electron chi connectivity index (χ3n) is 5.26. The Bertz CT molecular complexity index is 1260. The zero-order valence-corrected chi connectivity index (χ0v) is 16.3. The summed E-state index contributed by atoms with van der Waals surface area (Å²) in [7, 11) is 0. The molecule has 162 valence electrons. The number of benzene rings is 2. The zero-order chi connectivity index (χ0) is 22.4. The van der Waals surface area contributed by atoms with E-state index in [1.807, 2.05) is 6.92 Å². The quantitative estimate of drug-likeness (QED) is 0.587. The van der Waals surface area contributed by atoms with Crippen molar-refractivity contribution in [3.8, 4) is 5.69 Å². The molecule has 2 unspecified atom stereocenters. The molecule has 2 heterocycles. The van der Waals surface area contributed by atoms with Crippen LogP contribution in [0, 0.1) is 17.5 Å². The second kappa shape index (κ2) is 7.71. The first-order valence-corrected chi connectivity index (χ1v) is 9.43. The number of carboxylic acid groups (broad SMARTS) is 1. The van der Waals surface area contributed by atoms with Crippen LogP contribution in [0.4, 0.5) is 18.9 Å². The molecular formula is C21H18F3N3O4. The number of aromatic carboxylic acids is 1. The van der Waals surface area contributed by atoms with Gasteiger partial charge >= 0.3 is 5.97 Å². The number of nitrogens with one attached hydrogen (secondary N) is 1. The van der Waals surface area contributed by atoms with Crippen molar-refractivity contribution in [3.63, 3.8) is 0 Å². The highest BCUT2D eigenvalue weighted by Crippen LogP contribution is 2.29. The van der Waals surface area contributed by atoms with Gasteiger partial charge in [0.15, 0.2) is 0 Å². The highest BCUT2D eigenvalue weighted by Gasteiger charge is 2.28. The maximum Gasteiger partial charge on any atom is 0.341 e. The molecule has 3 aromatic rings. The molecule has 0 saturated carbocycles. The summed E-state index contributed by atoms with van der Waals surface area (Å²) in [5, 5.41) is 22.5. The third-order valence-corrected chi connectivity index (χ3v) is 5.26. The summed E-state index contributed by atoms with van der Waals surface area (Å²) >= 11 is 0. The second-order valence-electron chi connectivity index (χ2n) is 7.41. The van der Waals surface area contributed by atoms with E-state index in [0.29, 0.717) is 6.07 Å². The van der Waals surface area contributed by atoms with Gasteiger partial charge in [-0.3, -0.25) is 4.79 Å². The fraction of sp³-hybridized carbons (Fsp3) is 0.238. The molecule has 1 saturated heterocycles. The molecule has 0 aliphatic carbocycles. The molecule has 3 N–H and O–H groups in total. The van der Waals surface area contributed by atoms with E-state index in [4.69, 9.17) is 0 Å². The predicted molar refractivity (Wildman–Crippen MR) is 107 cm³/mol. The van der Waals surface area contributed by atoms with Gasteiger partial charge in [-0.25, -0.2) is 18.0 Å². The molecule has 7 nitrogen and oxygen atoms in total. The number of carbonyl (C=O) groups is 1. The van der Waals surface area contributed by atoms with E-state index in [1.54, 1.807) is 0 Å². The molecular weight excluding hydrogens is 415 g/mol. The van der Waals surface area contributed by atoms with E-state index in [-0.39, 0.29) is 41.4 Å². The fourth-order valence-corrected chi connectivity index (χ4v) is 3.74. The van der Waals surface area contributed by atoms with Crippen LogP contribution in [-0.2, 0) is 0 Å². The number of anilines is 1. The van der Waals surface area contributed by atoms with E-state index in [1.165, 1.54) is 11.0 Å². The average molecular weight is 433 g/mol. The summed E-state index contributed by atoms with van der Waals surface area (Å²) in [6.07, 6.45) is -0.133. The van der Waals surface area contributed by atoms with Gasteiger partial charge in [0.05, 0.1) is 16.9 Å². The number of pyridine rings is 1. The monoisotopic (exact) mass is 433 g/mol. The molecule has 0 amide bonds. The van der Waals surface area contributed by atoms with Gasteiger partial charge in [0.25, 0.3) is 0 Å². The SMILES string of the molecule is CC1CN(c2cc3c(cc2F)c(=O)c(C(=O)O)cn3-c2ccc(F)cc2F)C(O)CN1. The summed E-state index contributed by atoms with van der Waals surface area (Å²) in [5.74, 6) is -4.25. The van der Waals surface area contributed by atoms with Crippen molar-refractivity contribution in [2.45, 2.75) is 19.2 Å². The van der Waals surface area contributed by atoms with Crippen molar-refractivity contribution in [3.05, 3.63) is 69.8 Å². The standard InChI is InChI=1S/C21H18F3N3O4/c1-10-8-27(19(28)7-25-10)18-6-17-12(5-15(18)24)20(29)13(21(30)31)9-26(17)16-3-2-11(22)4-14(16)23/h2-6,9-10,19,25,28H,7-8H2,1H3,(H,30,31). The van der Waals surface area contributed by atoms with Gasteiger partial charge in [-0.05, 0) is 31.2 Å². The number of aliphatic hydroxyl groups excluding tert-OH is 1. The Labute approximate surface area is 174 Å².